The fourth-order valence-electron chi connectivity index (χ4n) is 2.38. The van der Waals surface area contributed by atoms with E-state index in [4.69, 9.17) is 5.73 Å². The van der Waals surface area contributed by atoms with E-state index < -0.39 is 0 Å². The number of hydrogen-bond donors (Lipinski definition) is 2. The quantitative estimate of drug-likeness (QED) is 0.825. The number of benzene rings is 1. The van der Waals surface area contributed by atoms with E-state index in [-0.39, 0.29) is 30.3 Å². The number of hydrogen-bond acceptors (Lipinski definition) is 3. The highest BCUT2D eigenvalue weighted by Crippen LogP contribution is 2.11. The number of halogens is 2. The summed E-state index contributed by atoms with van der Waals surface area (Å²) < 4.78 is 0.927. The predicted octanol–water partition coefficient (Wildman–Crippen LogP) is 1.94. The number of carbonyl (C=O) groups is 2. The standard InChI is InChI=1S/C15H20BrN3O2.ClH/c16-12-5-3-11(4-6-12)15(21)18-8-7-14(20)19-9-1-2-13(17)10-19;/h3-6,13H,1-2,7-10,17H2,(H,18,21);1H. The van der Waals surface area contributed by atoms with Gasteiger partial charge in [-0.1, -0.05) is 15.9 Å². The zero-order valence-electron chi connectivity index (χ0n) is 12.3. The first kappa shape index (κ1) is 18.9. The highest BCUT2D eigenvalue weighted by molar-refractivity contribution is 9.10. The van der Waals surface area contributed by atoms with Crippen molar-refractivity contribution in [3.63, 3.8) is 0 Å². The van der Waals surface area contributed by atoms with Gasteiger partial charge in [-0.25, -0.2) is 0 Å². The molecule has 1 unspecified atom stereocenters. The molecule has 0 aromatic heterocycles. The van der Waals surface area contributed by atoms with Gasteiger partial charge in [-0.15, -0.1) is 12.4 Å². The van der Waals surface area contributed by atoms with Gasteiger partial charge in [-0.3, -0.25) is 9.59 Å². The maximum Gasteiger partial charge on any atom is 0.251 e. The summed E-state index contributed by atoms with van der Waals surface area (Å²) in [6.45, 7) is 1.74. The lowest BCUT2D eigenvalue weighted by molar-refractivity contribution is -0.132. The molecule has 0 radical (unpaired) electrons. The lowest BCUT2D eigenvalue weighted by Crippen LogP contribution is -2.46. The summed E-state index contributed by atoms with van der Waals surface area (Å²) in [4.78, 5) is 25.7. The fourth-order valence-corrected chi connectivity index (χ4v) is 2.65. The summed E-state index contributed by atoms with van der Waals surface area (Å²) in [5.74, 6) is -0.105. The first-order valence-electron chi connectivity index (χ1n) is 7.13. The minimum atomic E-state index is -0.161. The van der Waals surface area contributed by atoms with Gasteiger partial charge in [0.25, 0.3) is 5.91 Å². The van der Waals surface area contributed by atoms with Crippen LogP contribution in [-0.2, 0) is 4.79 Å². The van der Waals surface area contributed by atoms with E-state index in [9.17, 15) is 9.59 Å². The molecule has 2 rings (SSSR count). The molecular formula is C15H21BrClN3O2. The van der Waals surface area contributed by atoms with Crippen molar-refractivity contribution < 1.29 is 9.59 Å². The third-order valence-corrected chi connectivity index (χ3v) is 4.07. The van der Waals surface area contributed by atoms with E-state index in [0.29, 0.717) is 25.1 Å². The smallest absolute Gasteiger partial charge is 0.251 e. The number of rotatable bonds is 4. The Balaban J connectivity index is 0.00000242. The number of nitrogens with one attached hydrogen (secondary N) is 1. The molecule has 0 aliphatic carbocycles. The number of nitrogens with two attached hydrogens (primary N) is 1. The van der Waals surface area contributed by atoms with Crippen LogP contribution in [0, 0.1) is 0 Å². The third kappa shape index (κ3) is 5.59. The first-order valence-corrected chi connectivity index (χ1v) is 7.92. The maximum absolute atomic E-state index is 12.0. The molecule has 0 bridgehead atoms. The first-order chi connectivity index (χ1) is 10.1. The van der Waals surface area contributed by atoms with Crippen LogP contribution < -0.4 is 11.1 Å². The molecule has 1 fully saturated rings. The Bertz CT molecular complexity index is 510. The Morgan fingerprint density at radius 1 is 1.32 bits per heavy atom. The van der Waals surface area contributed by atoms with Crippen molar-refractivity contribution in [1.29, 1.82) is 0 Å². The molecule has 1 atom stereocenters. The van der Waals surface area contributed by atoms with Crippen molar-refractivity contribution in [3.8, 4) is 0 Å². The summed E-state index contributed by atoms with van der Waals surface area (Å²) in [5.41, 5.74) is 6.45. The van der Waals surface area contributed by atoms with Gasteiger partial charge in [-0.2, -0.15) is 0 Å². The van der Waals surface area contributed by atoms with Crippen LogP contribution in [0.1, 0.15) is 29.6 Å². The minimum Gasteiger partial charge on any atom is -0.352 e. The van der Waals surface area contributed by atoms with Gasteiger partial charge in [0.15, 0.2) is 0 Å². The van der Waals surface area contributed by atoms with Gasteiger partial charge < -0.3 is 16.0 Å². The van der Waals surface area contributed by atoms with E-state index in [1.165, 1.54) is 0 Å². The van der Waals surface area contributed by atoms with Crippen LogP contribution in [0.5, 0.6) is 0 Å². The number of carbonyl (C=O) groups excluding carboxylic acids is 2. The lowest BCUT2D eigenvalue weighted by Gasteiger charge is -2.30. The van der Waals surface area contributed by atoms with Crippen LogP contribution >= 0.6 is 28.3 Å². The topological polar surface area (TPSA) is 75.4 Å². The Kier molecular flexibility index (Phi) is 7.85. The third-order valence-electron chi connectivity index (χ3n) is 3.54. The summed E-state index contributed by atoms with van der Waals surface area (Å²) in [6.07, 6.45) is 2.25. The van der Waals surface area contributed by atoms with E-state index in [2.05, 4.69) is 21.2 Å². The molecular weight excluding hydrogens is 370 g/mol. The molecule has 1 aliphatic rings. The average Bonchev–Trinajstić information content (AvgIpc) is 2.47. The molecule has 3 N–H and O–H groups in total. The molecule has 22 heavy (non-hydrogen) atoms. The van der Waals surface area contributed by atoms with Crippen molar-refractivity contribution in [1.82, 2.24) is 10.2 Å². The number of likely N-dealkylation sites (tertiary alicyclic amines) is 1. The number of piperidine rings is 1. The fraction of sp³-hybridized carbons (Fsp3) is 0.467. The van der Waals surface area contributed by atoms with Crippen LogP contribution in [-0.4, -0.2) is 42.4 Å². The molecule has 1 heterocycles. The van der Waals surface area contributed by atoms with Gasteiger partial charge in [0, 0.05) is 42.1 Å². The number of nitrogens with zero attached hydrogens (tertiary/aromatic N) is 1. The van der Waals surface area contributed by atoms with Crippen molar-refractivity contribution in [3.05, 3.63) is 34.3 Å². The summed E-state index contributed by atoms with van der Waals surface area (Å²) in [6, 6.07) is 7.19. The second-order valence-corrected chi connectivity index (χ2v) is 6.17. The lowest BCUT2D eigenvalue weighted by atomic mass is 10.1. The SMILES string of the molecule is Cl.NC1CCCN(C(=O)CCNC(=O)c2ccc(Br)cc2)C1. The van der Waals surface area contributed by atoms with Crippen LogP contribution in [0.15, 0.2) is 28.7 Å². The number of amides is 2. The molecule has 1 aliphatic heterocycles. The van der Waals surface area contributed by atoms with Crippen molar-refractivity contribution in [2.24, 2.45) is 5.73 Å². The molecule has 122 valence electrons. The van der Waals surface area contributed by atoms with Gasteiger partial charge in [-0.05, 0) is 37.1 Å². The molecule has 1 aromatic rings. The molecule has 2 amide bonds. The van der Waals surface area contributed by atoms with E-state index in [1.807, 2.05) is 12.1 Å². The van der Waals surface area contributed by atoms with E-state index in [0.717, 1.165) is 23.9 Å². The van der Waals surface area contributed by atoms with Gasteiger partial charge in [0.1, 0.15) is 0 Å². The monoisotopic (exact) mass is 389 g/mol. The largest absolute Gasteiger partial charge is 0.352 e. The molecule has 1 aromatic carbocycles. The van der Waals surface area contributed by atoms with Crippen molar-refractivity contribution >= 4 is 40.2 Å². The molecule has 0 saturated carbocycles. The summed E-state index contributed by atoms with van der Waals surface area (Å²) >= 11 is 3.32. The van der Waals surface area contributed by atoms with E-state index >= 15 is 0 Å². The predicted molar refractivity (Wildman–Crippen MR) is 92.1 cm³/mol. The average molecular weight is 391 g/mol. The highest BCUT2D eigenvalue weighted by atomic mass is 79.9. The second-order valence-electron chi connectivity index (χ2n) is 5.25. The van der Waals surface area contributed by atoms with Crippen LogP contribution in [0.2, 0.25) is 0 Å². The Hall–Kier alpha value is -1.11. The second kappa shape index (κ2) is 9.12. The normalized spacial score (nSPS) is 17.5. The summed E-state index contributed by atoms with van der Waals surface area (Å²) in [5, 5.41) is 2.77. The van der Waals surface area contributed by atoms with Crippen molar-refractivity contribution in [2.75, 3.05) is 19.6 Å². The Morgan fingerprint density at radius 3 is 2.64 bits per heavy atom. The van der Waals surface area contributed by atoms with Crippen LogP contribution in [0.25, 0.3) is 0 Å². The highest BCUT2D eigenvalue weighted by Gasteiger charge is 2.20. The molecule has 0 spiro atoms. The van der Waals surface area contributed by atoms with Crippen molar-refractivity contribution in [2.45, 2.75) is 25.3 Å². The van der Waals surface area contributed by atoms with Gasteiger partial charge >= 0.3 is 0 Å². The zero-order valence-corrected chi connectivity index (χ0v) is 14.7. The molecule has 7 heteroatoms. The maximum atomic E-state index is 12.0. The summed E-state index contributed by atoms with van der Waals surface area (Å²) in [7, 11) is 0. The van der Waals surface area contributed by atoms with Crippen LogP contribution in [0.3, 0.4) is 0 Å². The zero-order chi connectivity index (χ0) is 15.2. The Morgan fingerprint density at radius 2 is 2.00 bits per heavy atom. The van der Waals surface area contributed by atoms with Crippen LogP contribution in [0.4, 0.5) is 0 Å². The molecule has 5 nitrogen and oxygen atoms in total. The van der Waals surface area contributed by atoms with E-state index in [1.54, 1.807) is 17.0 Å². The van der Waals surface area contributed by atoms with Gasteiger partial charge in [0.2, 0.25) is 5.91 Å². The van der Waals surface area contributed by atoms with Gasteiger partial charge in [0.05, 0.1) is 0 Å². The Labute approximate surface area is 145 Å². The minimum absolute atomic E-state index is 0. The molecule has 1 saturated heterocycles.